The summed E-state index contributed by atoms with van der Waals surface area (Å²) in [6.07, 6.45) is 3.30. The second kappa shape index (κ2) is 4.84. The Morgan fingerprint density at radius 3 is 2.94 bits per heavy atom. The monoisotopic (exact) mass is 287 g/mol. The highest BCUT2D eigenvalue weighted by Gasteiger charge is 2.20. The van der Waals surface area contributed by atoms with E-state index in [2.05, 4.69) is 15.9 Å². The highest BCUT2D eigenvalue weighted by molar-refractivity contribution is 9.10. The highest BCUT2D eigenvalue weighted by Crippen LogP contribution is 2.41. The zero-order valence-corrected chi connectivity index (χ0v) is 10.1. The summed E-state index contributed by atoms with van der Waals surface area (Å²) in [7, 11) is 0. The third-order valence-electron chi connectivity index (χ3n) is 2.18. The number of halogens is 2. The van der Waals surface area contributed by atoms with E-state index in [9.17, 15) is 4.39 Å². The Kier molecular flexibility index (Phi) is 3.46. The molecule has 1 aromatic rings. The number of rotatable bonds is 2. The Bertz CT molecular complexity index is 434. The summed E-state index contributed by atoms with van der Waals surface area (Å²) in [5.74, 6) is 0.616. The first kappa shape index (κ1) is 11.4. The van der Waals surface area contributed by atoms with Crippen LogP contribution in [0, 0.1) is 5.82 Å². The number of hydrogen-bond acceptors (Lipinski definition) is 3. The van der Waals surface area contributed by atoms with Gasteiger partial charge in [-0.2, -0.15) is 0 Å². The van der Waals surface area contributed by atoms with E-state index >= 15 is 0 Å². The maximum Gasteiger partial charge on any atom is 0.176 e. The minimum Gasteiger partial charge on any atom is -0.486 e. The van der Waals surface area contributed by atoms with Gasteiger partial charge < -0.3 is 15.2 Å². The van der Waals surface area contributed by atoms with Crippen LogP contribution in [-0.4, -0.2) is 19.8 Å². The van der Waals surface area contributed by atoms with Gasteiger partial charge in [0.05, 0.1) is 4.47 Å². The molecule has 1 heterocycles. The lowest BCUT2D eigenvalue weighted by Crippen LogP contribution is -2.16. The maximum absolute atomic E-state index is 13.7. The zero-order valence-electron chi connectivity index (χ0n) is 8.50. The molecule has 0 aromatic heterocycles. The van der Waals surface area contributed by atoms with E-state index in [-0.39, 0.29) is 5.82 Å². The molecule has 86 valence electrons. The molecule has 0 saturated carbocycles. The quantitative estimate of drug-likeness (QED) is 0.908. The van der Waals surface area contributed by atoms with Crippen LogP contribution < -0.4 is 15.2 Å². The van der Waals surface area contributed by atoms with Crippen molar-refractivity contribution in [3.63, 3.8) is 0 Å². The van der Waals surface area contributed by atoms with E-state index in [0.29, 0.717) is 41.3 Å². The third-order valence-corrected chi connectivity index (χ3v) is 2.97. The first-order chi connectivity index (χ1) is 7.74. The largest absolute Gasteiger partial charge is 0.486 e. The molecule has 1 aromatic carbocycles. The van der Waals surface area contributed by atoms with E-state index < -0.39 is 0 Å². The van der Waals surface area contributed by atoms with Crippen LogP contribution >= 0.6 is 15.9 Å². The van der Waals surface area contributed by atoms with Crippen LogP contribution in [0.5, 0.6) is 11.5 Å². The number of benzene rings is 1. The lowest BCUT2D eigenvalue weighted by atomic mass is 10.1. The van der Waals surface area contributed by atoms with E-state index in [4.69, 9.17) is 15.2 Å². The standard InChI is InChI=1S/C11H11BrFNO2/c12-10-7(2-1-3-14)8(13)6-9-11(10)16-5-4-15-9/h1-2,6H,3-5,14H2/b2-1+. The lowest BCUT2D eigenvalue weighted by Gasteiger charge is -2.20. The fraction of sp³-hybridized carbons (Fsp3) is 0.273. The molecule has 0 fully saturated rings. The van der Waals surface area contributed by atoms with Gasteiger partial charge in [-0.3, -0.25) is 0 Å². The molecule has 0 atom stereocenters. The Morgan fingerprint density at radius 2 is 2.19 bits per heavy atom. The summed E-state index contributed by atoms with van der Waals surface area (Å²) < 4.78 is 25.0. The van der Waals surface area contributed by atoms with Gasteiger partial charge in [0, 0.05) is 18.2 Å². The lowest BCUT2D eigenvalue weighted by molar-refractivity contribution is 0.169. The van der Waals surface area contributed by atoms with Crippen molar-refractivity contribution in [2.24, 2.45) is 5.73 Å². The highest BCUT2D eigenvalue weighted by atomic mass is 79.9. The van der Waals surface area contributed by atoms with Crippen LogP contribution in [0.25, 0.3) is 6.08 Å². The number of ether oxygens (including phenoxy) is 2. The van der Waals surface area contributed by atoms with Gasteiger partial charge in [-0.25, -0.2) is 4.39 Å². The second-order valence-corrected chi connectivity index (χ2v) is 4.04. The first-order valence-electron chi connectivity index (χ1n) is 4.88. The van der Waals surface area contributed by atoms with Crippen molar-refractivity contribution < 1.29 is 13.9 Å². The minimum atomic E-state index is -0.360. The molecule has 0 bridgehead atoms. The third kappa shape index (κ3) is 2.05. The van der Waals surface area contributed by atoms with Gasteiger partial charge >= 0.3 is 0 Å². The van der Waals surface area contributed by atoms with Crippen molar-refractivity contribution in [1.82, 2.24) is 0 Å². The topological polar surface area (TPSA) is 44.5 Å². The zero-order chi connectivity index (χ0) is 11.5. The van der Waals surface area contributed by atoms with E-state index in [1.54, 1.807) is 12.2 Å². The van der Waals surface area contributed by atoms with Crippen LogP contribution in [0.4, 0.5) is 4.39 Å². The van der Waals surface area contributed by atoms with Crippen LogP contribution in [-0.2, 0) is 0 Å². The van der Waals surface area contributed by atoms with Crippen molar-refractivity contribution in [1.29, 1.82) is 0 Å². The summed E-state index contributed by atoms with van der Waals surface area (Å²) in [5.41, 5.74) is 5.76. The van der Waals surface area contributed by atoms with Crippen LogP contribution in [0.1, 0.15) is 5.56 Å². The van der Waals surface area contributed by atoms with Gasteiger partial charge in [-0.15, -0.1) is 0 Å². The van der Waals surface area contributed by atoms with E-state index in [1.165, 1.54) is 6.07 Å². The Morgan fingerprint density at radius 1 is 1.44 bits per heavy atom. The predicted octanol–water partition coefficient (Wildman–Crippen LogP) is 2.33. The van der Waals surface area contributed by atoms with Crippen LogP contribution in [0.3, 0.4) is 0 Å². The van der Waals surface area contributed by atoms with E-state index in [0.717, 1.165) is 0 Å². The van der Waals surface area contributed by atoms with Crippen molar-refractivity contribution in [3.8, 4) is 11.5 Å². The molecule has 0 amide bonds. The van der Waals surface area contributed by atoms with Gasteiger partial charge in [0.15, 0.2) is 11.5 Å². The summed E-state index contributed by atoms with van der Waals surface area (Å²) in [5, 5.41) is 0. The normalized spacial score (nSPS) is 14.4. The van der Waals surface area contributed by atoms with Gasteiger partial charge in [0.1, 0.15) is 19.0 Å². The SMILES string of the molecule is NC/C=C/c1c(F)cc2c(c1Br)OCCO2. The molecule has 2 rings (SSSR count). The Hall–Kier alpha value is -1.07. The molecule has 0 radical (unpaired) electrons. The summed E-state index contributed by atoms with van der Waals surface area (Å²) in [6, 6.07) is 1.33. The van der Waals surface area contributed by atoms with Gasteiger partial charge in [0.25, 0.3) is 0 Å². The van der Waals surface area contributed by atoms with Crippen LogP contribution in [0.2, 0.25) is 0 Å². The van der Waals surface area contributed by atoms with Crippen LogP contribution in [0.15, 0.2) is 16.6 Å². The van der Waals surface area contributed by atoms with E-state index in [1.807, 2.05) is 0 Å². The number of hydrogen-bond donors (Lipinski definition) is 1. The molecule has 3 nitrogen and oxygen atoms in total. The fourth-order valence-corrected chi connectivity index (χ4v) is 2.10. The maximum atomic E-state index is 13.7. The molecule has 0 saturated heterocycles. The summed E-state index contributed by atoms with van der Waals surface area (Å²) in [6.45, 7) is 1.27. The predicted molar refractivity (Wildman–Crippen MR) is 63.2 cm³/mol. The Balaban J connectivity index is 2.49. The molecule has 0 aliphatic carbocycles. The number of fused-ring (bicyclic) bond motifs is 1. The molecular weight excluding hydrogens is 277 g/mol. The fourth-order valence-electron chi connectivity index (χ4n) is 1.47. The second-order valence-electron chi connectivity index (χ2n) is 3.25. The smallest absolute Gasteiger partial charge is 0.176 e. The molecule has 0 unspecified atom stereocenters. The summed E-state index contributed by atoms with van der Waals surface area (Å²) in [4.78, 5) is 0. The average Bonchev–Trinajstić information content (AvgIpc) is 2.29. The average molecular weight is 288 g/mol. The van der Waals surface area contributed by atoms with Gasteiger partial charge in [0.2, 0.25) is 0 Å². The van der Waals surface area contributed by atoms with Crippen molar-refractivity contribution in [2.75, 3.05) is 19.8 Å². The van der Waals surface area contributed by atoms with Crippen molar-refractivity contribution in [2.45, 2.75) is 0 Å². The minimum absolute atomic E-state index is 0.360. The number of nitrogens with two attached hydrogens (primary N) is 1. The molecule has 1 aliphatic rings. The van der Waals surface area contributed by atoms with Gasteiger partial charge in [-0.1, -0.05) is 12.2 Å². The van der Waals surface area contributed by atoms with Gasteiger partial charge in [-0.05, 0) is 15.9 Å². The van der Waals surface area contributed by atoms with Crippen molar-refractivity contribution in [3.05, 3.63) is 28.0 Å². The molecule has 16 heavy (non-hydrogen) atoms. The van der Waals surface area contributed by atoms with Crippen molar-refractivity contribution >= 4 is 22.0 Å². The molecule has 1 aliphatic heterocycles. The molecule has 0 spiro atoms. The summed E-state index contributed by atoms with van der Waals surface area (Å²) >= 11 is 3.31. The Labute approximate surface area is 101 Å². The first-order valence-corrected chi connectivity index (χ1v) is 5.67. The molecular formula is C11H11BrFNO2. The molecule has 5 heteroatoms. The molecule has 2 N–H and O–H groups in total.